The van der Waals surface area contributed by atoms with Crippen molar-refractivity contribution in [3.63, 3.8) is 0 Å². The van der Waals surface area contributed by atoms with Crippen LogP contribution in [-0.2, 0) is 33.9 Å². The number of aliphatic imine (C=N–C) groups is 1. The number of alkyl halides is 4. The van der Waals surface area contributed by atoms with Gasteiger partial charge in [-0.05, 0) is 42.3 Å². The molecule has 0 bridgehead atoms. The Morgan fingerprint density at radius 2 is 1.92 bits per heavy atom. The fraction of sp³-hybridized carbons (Fsp3) is 0.417. The number of halogens is 4. The minimum Gasteiger partial charge on any atom is -0.344 e. The van der Waals surface area contributed by atoms with Crippen molar-refractivity contribution in [1.29, 1.82) is 0 Å². The van der Waals surface area contributed by atoms with Crippen molar-refractivity contribution in [2.75, 3.05) is 26.2 Å². The lowest BCUT2D eigenvalue weighted by molar-refractivity contribution is -0.138. The van der Waals surface area contributed by atoms with Gasteiger partial charge in [0.15, 0.2) is 9.84 Å². The van der Waals surface area contributed by atoms with Crippen LogP contribution in [0.4, 0.5) is 18.9 Å². The van der Waals surface area contributed by atoms with Gasteiger partial charge in [0.05, 0.1) is 22.5 Å². The van der Waals surface area contributed by atoms with E-state index in [1.165, 1.54) is 36.4 Å². The maximum absolute atomic E-state index is 14.0. The number of carbonyl (C=O) groups is 1. The average Bonchev–Trinajstić information content (AvgIpc) is 2.83. The minimum absolute atomic E-state index is 0.0245. The van der Waals surface area contributed by atoms with Crippen molar-refractivity contribution in [1.82, 2.24) is 15.1 Å². The number of aldehydes is 1. The Labute approximate surface area is 212 Å². The summed E-state index contributed by atoms with van der Waals surface area (Å²) < 4.78 is 65.8. The Kier molecular flexibility index (Phi) is 7.75. The summed E-state index contributed by atoms with van der Waals surface area (Å²) >= 11 is 5.81. The summed E-state index contributed by atoms with van der Waals surface area (Å²) in [6, 6.07) is 7.50. The van der Waals surface area contributed by atoms with Crippen LogP contribution in [0.25, 0.3) is 0 Å². The molecule has 0 saturated carbocycles. The Balaban J connectivity index is 1.66. The molecule has 2 heterocycles. The average molecular weight is 543 g/mol. The Bertz CT molecular complexity index is 1260. The van der Waals surface area contributed by atoms with Gasteiger partial charge >= 0.3 is 6.18 Å². The van der Waals surface area contributed by atoms with E-state index >= 15 is 0 Å². The van der Waals surface area contributed by atoms with Crippen molar-refractivity contribution in [2.45, 2.75) is 41.8 Å². The van der Waals surface area contributed by atoms with Crippen molar-refractivity contribution in [3.8, 4) is 0 Å². The maximum atomic E-state index is 14.0. The maximum Gasteiger partial charge on any atom is 0.416 e. The second-order valence-electron chi connectivity index (χ2n) is 8.83. The first-order valence-corrected chi connectivity index (χ1v) is 13.4. The number of sulfone groups is 1. The molecule has 2 aromatic carbocycles. The predicted octanol–water partition coefficient (Wildman–Crippen LogP) is 3.88. The first-order valence-electron chi connectivity index (χ1n) is 11.4. The molecular weight excluding hydrogens is 517 g/mol. The van der Waals surface area contributed by atoms with E-state index < -0.39 is 32.3 Å². The van der Waals surface area contributed by atoms with Gasteiger partial charge < -0.3 is 15.0 Å². The van der Waals surface area contributed by atoms with E-state index in [9.17, 15) is 26.4 Å². The smallest absolute Gasteiger partial charge is 0.344 e. The van der Waals surface area contributed by atoms with E-state index in [-0.39, 0.29) is 29.1 Å². The molecule has 2 aliphatic heterocycles. The second kappa shape index (κ2) is 10.5. The molecule has 2 unspecified atom stereocenters. The fourth-order valence-electron chi connectivity index (χ4n) is 4.40. The van der Waals surface area contributed by atoms with E-state index in [4.69, 9.17) is 11.6 Å². The molecule has 0 aliphatic carbocycles. The molecule has 0 radical (unpaired) electrons. The first-order chi connectivity index (χ1) is 17.0. The number of hydrogen-bond donors (Lipinski definition) is 1. The van der Waals surface area contributed by atoms with Crippen molar-refractivity contribution < 1.29 is 26.4 Å². The molecule has 4 rings (SSSR count). The van der Waals surface area contributed by atoms with Crippen LogP contribution in [0.3, 0.4) is 0 Å². The number of piperazine rings is 1. The standard InChI is InChI=1S/C24H26ClF3N4O3S/c1-16(25)36(34,35)19-4-2-3-17(9-19)12-32-15-30-22-10-18(13-31-7-5-29-6-8-31)21(24(26,27)28)11-20(22)23(32)14-33/h2-4,9-11,14-16,23,29H,5-8,12-13H2,1H3. The van der Waals surface area contributed by atoms with Crippen molar-refractivity contribution >= 4 is 39.8 Å². The molecule has 2 aromatic rings. The molecule has 36 heavy (non-hydrogen) atoms. The fourth-order valence-corrected chi connectivity index (χ4v) is 5.67. The Hall–Kier alpha value is -2.47. The van der Waals surface area contributed by atoms with Gasteiger partial charge in [-0.3, -0.25) is 4.90 Å². The van der Waals surface area contributed by atoms with Crippen LogP contribution in [0, 0.1) is 0 Å². The summed E-state index contributed by atoms with van der Waals surface area (Å²) in [6.07, 6.45) is -2.62. The number of carbonyl (C=O) groups excluding carboxylic acids is 1. The summed E-state index contributed by atoms with van der Waals surface area (Å²) in [5.41, 5.74) is 0.344. The quantitative estimate of drug-likeness (QED) is 0.422. The Morgan fingerprint density at radius 1 is 1.19 bits per heavy atom. The molecule has 0 spiro atoms. The SMILES string of the molecule is CC(Cl)S(=O)(=O)c1cccc(CN2C=Nc3cc(CN4CCNCC4)c(C(F)(F)F)cc3C2C=O)c1. The highest BCUT2D eigenvalue weighted by Gasteiger charge is 2.37. The summed E-state index contributed by atoms with van der Waals surface area (Å²) in [5.74, 6) is 0. The predicted molar refractivity (Wildman–Crippen MR) is 131 cm³/mol. The zero-order chi connectivity index (χ0) is 26.1. The van der Waals surface area contributed by atoms with Gasteiger partial charge in [-0.2, -0.15) is 13.2 Å². The zero-order valence-corrected chi connectivity index (χ0v) is 21.1. The van der Waals surface area contributed by atoms with Crippen LogP contribution in [0.1, 0.15) is 35.2 Å². The summed E-state index contributed by atoms with van der Waals surface area (Å²) in [5, 5.41) is 3.18. The largest absolute Gasteiger partial charge is 0.416 e. The molecular formula is C24H26ClF3N4O3S. The van der Waals surface area contributed by atoms with Gasteiger partial charge in [0.25, 0.3) is 0 Å². The highest BCUT2D eigenvalue weighted by Crippen LogP contribution is 2.41. The number of benzene rings is 2. The van der Waals surface area contributed by atoms with Gasteiger partial charge in [-0.15, -0.1) is 11.6 Å². The summed E-state index contributed by atoms with van der Waals surface area (Å²) in [7, 11) is -3.74. The molecule has 7 nitrogen and oxygen atoms in total. The number of nitrogens with one attached hydrogen (secondary N) is 1. The molecule has 0 amide bonds. The van der Waals surface area contributed by atoms with E-state index in [2.05, 4.69) is 10.3 Å². The van der Waals surface area contributed by atoms with E-state index in [0.29, 0.717) is 43.7 Å². The molecule has 2 aliphatic rings. The topological polar surface area (TPSA) is 82.1 Å². The Morgan fingerprint density at radius 3 is 2.56 bits per heavy atom. The van der Waals surface area contributed by atoms with Gasteiger partial charge in [-0.1, -0.05) is 12.1 Å². The molecule has 0 aromatic heterocycles. The highest BCUT2D eigenvalue weighted by molar-refractivity contribution is 7.93. The van der Waals surface area contributed by atoms with Gasteiger partial charge in [0, 0.05) is 44.8 Å². The first kappa shape index (κ1) is 26.6. The van der Waals surface area contributed by atoms with E-state index in [1.807, 2.05) is 4.90 Å². The number of fused-ring (bicyclic) bond motifs is 1. The molecule has 12 heteroatoms. The van der Waals surface area contributed by atoms with E-state index in [1.54, 1.807) is 12.1 Å². The van der Waals surface area contributed by atoms with Gasteiger partial charge in [0.1, 0.15) is 17.0 Å². The highest BCUT2D eigenvalue weighted by atomic mass is 35.5. The number of nitrogens with zero attached hydrogens (tertiary/aromatic N) is 3. The summed E-state index contributed by atoms with van der Waals surface area (Å²) in [4.78, 5) is 19.9. The third-order valence-electron chi connectivity index (χ3n) is 6.33. The van der Waals surface area contributed by atoms with Gasteiger partial charge in [-0.25, -0.2) is 13.4 Å². The summed E-state index contributed by atoms with van der Waals surface area (Å²) in [6.45, 7) is 4.25. The van der Waals surface area contributed by atoms with Crippen LogP contribution < -0.4 is 5.32 Å². The van der Waals surface area contributed by atoms with Crippen LogP contribution in [0.5, 0.6) is 0 Å². The van der Waals surface area contributed by atoms with Crippen LogP contribution in [0.2, 0.25) is 0 Å². The number of hydrogen-bond acceptors (Lipinski definition) is 7. The van der Waals surface area contributed by atoms with Crippen LogP contribution in [-0.4, -0.2) is 61.7 Å². The lowest BCUT2D eigenvalue weighted by atomic mass is 9.95. The van der Waals surface area contributed by atoms with Crippen LogP contribution >= 0.6 is 11.6 Å². The second-order valence-corrected chi connectivity index (χ2v) is 12.0. The molecule has 1 fully saturated rings. The molecule has 194 valence electrons. The van der Waals surface area contributed by atoms with Crippen LogP contribution in [0.15, 0.2) is 46.3 Å². The minimum atomic E-state index is -4.60. The third kappa shape index (κ3) is 5.59. The monoisotopic (exact) mass is 542 g/mol. The zero-order valence-electron chi connectivity index (χ0n) is 19.5. The molecule has 2 atom stereocenters. The third-order valence-corrected chi connectivity index (χ3v) is 8.80. The normalized spacial score (nSPS) is 19.7. The lowest BCUT2D eigenvalue weighted by Crippen LogP contribution is -2.43. The van der Waals surface area contributed by atoms with Gasteiger partial charge in [0.2, 0.25) is 0 Å². The van der Waals surface area contributed by atoms with Crippen molar-refractivity contribution in [3.05, 3.63) is 58.7 Å². The molecule has 1 saturated heterocycles. The molecule has 1 N–H and O–H groups in total. The number of rotatable bonds is 7. The van der Waals surface area contributed by atoms with E-state index in [0.717, 1.165) is 6.07 Å². The lowest BCUT2D eigenvalue weighted by Gasteiger charge is -2.32. The van der Waals surface area contributed by atoms with Crippen molar-refractivity contribution in [2.24, 2.45) is 4.99 Å².